The lowest BCUT2D eigenvalue weighted by atomic mass is 9.74. The molecule has 0 aliphatic heterocycles. The van der Waals surface area contributed by atoms with E-state index in [1.807, 2.05) is 0 Å². The molecule has 0 saturated heterocycles. The van der Waals surface area contributed by atoms with E-state index in [0.29, 0.717) is 6.10 Å². The molecular formula is C28H48O2. The molecule has 30 heavy (non-hydrogen) atoms. The molecule has 0 spiro atoms. The zero-order chi connectivity index (χ0) is 21.1. The molecule has 2 heteroatoms. The number of fused-ring (bicyclic) bond motifs is 2. The van der Waals surface area contributed by atoms with E-state index < -0.39 is 0 Å². The summed E-state index contributed by atoms with van der Waals surface area (Å²) in [6.07, 6.45) is 20.8. The minimum Gasteiger partial charge on any atom is -0.463 e. The predicted molar refractivity (Wildman–Crippen MR) is 125 cm³/mol. The highest BCUT2D eigenvalue weighted by atomic mass is 16.7. The molecule has 6 unspecified atom stereocenters. The molecule has 4 aliphatic rings. The maximum absolute atomic E-state index is 6.76. The summed E-state index contributed by atoms with van der Waals surface area (Å²) in [5, 5.41) is 0. The second-order valence-electron chi connectivity index (χ2n) is 11.8. The SMILES string of the molecule is CC(C)=C(OC(C)C)OC(CC1CCC2CCCCC21)CC1CCC2CCCCC21. The van der Waals surface area contributed by atoms with Crippen molar-refractivity contribution in [2.45, 2.75) is 130 Å². The number of rotatable bonds is 8. The van der Waals surface area contributed by atoms with E-state index in [-0.39, 0.29) is 6.10 Å². The topological polar surface area (TPSA) is 18.5 Å². The molecule has 0 N–H and O–H groups in total. The van der Waals surface area contributed by atoms with Gasteiger partial charge in [0.2, 0.25) is 0 Å². The molecule has 0 radical (unpaired) electrons. The van der Waals surface area contributed by atoms with Crippen LogP contribution in [0.25, 0.3) is 0 Å². The monoisotopic (exact) mass is 416 g/mol. The normalized spacial score (nSPS) is 36.8. The highest BCUT2D eigenvalue weighted by Crippen LogP contribution is 2.51. The van der Waals surface area contributed by atoms with E-state index in [9.17, 15) is 0 Å². The molecule has 0 aromatic rings. The lowest BCUT2D eigenvalue weighted by Crippen LogP contribution is -2.28. The molecular weight excluding hydrogens is 368 g/mol. The van der Waals surface area contributed by atoms with Crippen LogP contribution in [-0.2, 0) is 9.47 Å². The zero-order valence-corrected chi connectivity index (χ0v) is 20.3. The Kier molecular flexibility index (Phi) is 7.74. The van der Waals surface area contributed by atoms with Crippen molar-refractivity contribution in [1.82, 2.24) is 0 Å². The molecule has 4 rings (SSSR count). The van der Waals surface area contributed by atoms with Gasteiger partial charge < -0.3 is 9.47 Å². The standard InChI is InChI=1S/C28H48O2/c1-19(2)28(29-20(3)4)30-25(17-23-15-13-21-9-5-7-11-26(21)23)18-24-16-14-22-10-6-8-12-27(22)24/h20-27H,5-18H2,1-4H3. The lowest BCUT2D eigenvalue weighted by molar-refractivity contribution is -0.0515. The largest absolute Gasteiger partial charge is 0.463 e. The maximum atomic E-state index is 6.76. The fraction of sp³-hybridized carbons (Fsp3) is 0.929. The Labute approximate surface area is 186 Å². The average molecular weight is 417 g/mol. The van der Waals surface area contributed by atoms with Crippen molar-refractivity contribution in [3.05, 3.63) is 11.5 Å². The van der Waals surface area contributed by atoms with Crippen LogP contribution in [0.1, 0.15) is 118 Å². The molecule has 0 aromatic carbocycles. The van der Waals surface area contributed by atoms with Crippen molar-refractivity contribution >= 4 is 0 Å². The van der Waals surface area contributed by atoms with Gasteiger partial charge in [-0.1, -0.05) is 38.5 Å². The average Bonchev–Trinajstić information content (AvgIpc) is 3.32. The lowest BCUT2D eigenvalue weighted by Gasteiger charge is -2.34. The van der Waals surface area contributed by atoms with Gasteiger partial charge in [0, 0.05) is 5.57 Å². The van der Waals surface area contributed by atoms with Gasteiger partial charge in [-0.05, 0) is 115 Å². The smallest absolute Gasteiger partial charge is 0.278 e. The van der Waals surface area contributed by atoms with E-state index in [1.54, 1.807) is 0 Å². The fourth-order valence-electron chi connectivity index (χ4n) is 7.80. The van der Waals surface area contributed by atoms with E-state index in [4.69, 9.17) is 9.47 Å². The number of hydrogen-bond donors (Lipinski definition) is 0. The molecule has 0 heterocycles. The third-order valence-electron chi connectivity index (χ3n) is 9.12. The van der Waals surface area contributed by atoms with Gasteiger partial charge in [-0.3, -0.25) is 0 Å². The van der Waals surface area contributed by atoms with Crippen molar-refractivity contribution in [2.24, 2.45) is 35.5 Å². The second kappa shape index (κ2) is 10.3. The van der Waals surface area contributed by atoms with E-state index in [1.165, 1.54) is 95.5 Å². The van der Waals surface area contributed by atoms with Crippen LogP contribution in [0.15, 0.2) is 11.5 Å². The van der Waals surface area contributed by atoms with Crippen molar-refractivity contribution in [2.75, 3.05) is 0 Å². The van der Waals surface area contributed by atoms with Crippen LogP contribution in [0.2, 0.25) is 0 Å². The number of hydrogen-bond acceptors (Lipinski definition) is 2. The summed E-state index contributed by atoms with van der Waals surface area (Å²) in [5.74, 6) is 6.62. The summed E-state index contributed by atoms with van der Waals surface area (Å²) in [6.45, 7) is 8.53. The van der Waals surface area contributed by atoms with E-state index >= 15 is 0 Å². The first-order valence-electron chi connectivity index (χ1n) is 13.5. The van der Waals surface area contributed by atoms with Crippen LogP contribution >= 0.6 is 0 Å². The van der Waals surface area contributed by atoms with E-state index in [2.05, 4.69) is 27.7 Å². The Hall–Kier alpha value is -0.660. The fourth-order valence-corrected chi connectivity index (χ4v) is 7.80. The van der Waals surface area contributed by atoms with Gasteiger partial charge >= 0.3 is 0 Å². The van der Waals surface area contributed by atoms with Gasteiger partial charge in [-0.25, -0.2) is 0 Å². The zero-order valence-electron chi connectivity index (χ0n) is 20.3. The van der Waals surface area contributed by atoms with Crippen molar-refractivity contribution in [3.8, 4) is 0 Å². The highest BCUT2D eigenvalue weighted by Gasteiger charge is 2.42. The third kappa shape index (κ3) is 5.39. The summed E-state index contributed by atoms with van der Waals surface area (Å²) < 4.78 is 12.9. The summed E-state index contributed by atoms with van der Waals surface area (Å²) in [7, 11) is 0. The molecule has 6 atom stereocenters. The van der Waals surface area contributed by atoms with Crippen molar-refractivity contribution in [1.29, 1.82) is 0 Å². The van der Waals surface area contributed by atoms with Gasteiger partial charge in [-0.15, -0.1) is 0 Å². The maximum Gasteiger partial charge on any atom is 0.278 e. The predicted octanol–water partition coefficient (Wildman–Crippen LogP) is 8.26. The van der Waals surface area contributed by atoms with Crippen LogP contribution in [0.4, 0.5) is 0 Å². The minimum atomic E-state index is 0.180. The molecule has 0 amide bonds. The second-order valence-corrected chi connectivity index (χ2v) is 11.8. The molecule has 4 saturated carbocycles. The first-order chi connectivity index (χ1) is 14.5. The minimum absolute atomic E-state index is 0.180. The van der Waals surface area contributed by atoms with Crippen LogP contribution in [0, 0.1) is 35.5 Å². The molecule has 2 nitrogen and oxygen atoms in total. The molecule has 0 aromatic heterocycles. The Morgan fingerprint density at radius 2 is 1.17 bits per heavy atom. The van der Waals surface area contributed by atoms with Gasteiger partial charge in [0.25, 0.3) is 5.95 Å². The van der Waals surface area contributed by atoms with Crippen LogP contribution < -0.4 is 0 Å². The highest BCUT2D eigenvalue weighted by molar-refractivity contribution is 4.98. The number of allylic oxidation sites excluding steroid dienone is 1. The quantitative estimate of drug-likeness (QED) is 0.371. The summed E-state index contributed by atoms with van der Waals surface area (Å²) in [5.41, 5.74) is 1.19. The summed E-state index contributed by atoms with van der Waals surface area (Å²) in [6, 6.07) is 0. The van der Waals surface area contributed by atoms with Crippen LogP contribution in [0.5, 0.6) is 0 Å². The first kappa shape index (κ1) is 22.5. The van der Waals surface area contributed by atoms with Crippen molar-refractivity contribution < 1.29 is 9.47 Å². The summed E-state index contributed by atoms with van der Waals surface area (Å²) in [4.78, 5) is 0. The van der Waals surface area contributed by atoms with Crippen LogP contribution in [-0.4, -0.2) is 12.2 Å². The third-order valence-corrected chi connectivity index (χ3v) is 9.12. The van der Waals surface area contributed by atoms with Gasteiger partial charge in [0.15, 0.2) is 0 Å². The molecule has 172 valence electrons. The van der Waals surface area contributed by atoms with Gasteiger partial charge in [0.1, 0.15) is 6.10 Å². The summed E-state index contributed by atoms with van der Waals surface area (Å²) >= 11 is 0. The Bertz CT molecular complexity index is 541. The Balaban J connectivity index is 1.45. The first-order valence-corrected chi connectivity index (χ1v) is 13.5. The molecule has 4 aliphatic carbocycles. The van der Waals surface area contributed by atoms with Crippen LogP contribution in [0.3, 0.4) is 0 Å². The molecule has 0 bridgehead atoms. The van der Waals surface area contributed by atoms with Gasteiger partial charge in [0.05, 0.1) is 6.10 Å². The van der Waals surface area contributed by atoms with Gasteiger partial charge in [-0.2, -0.15) is 0 Å². The van der Waals surface area contributed by atoms with Crippen molar-refractivity contribution in [3.63, 3.8) is 0 Å². The van der Waals surface area contributed by atoms with E-state index in [0.717, 1.165) is 41.5 Å². The number of ether oxygens (including phenoxy) is 2. The Morgan fingerprint density at radius 3 is 1.63 bits per heavy atom. The Morgan fingerprint density at radius 1 is 0.667 bits per heavy atom. The molecule has 4 fully saturated rings.